The van der Waals surface area contributed by atoms with Gasteiger partial charge in [0, 0.05) is 18.1 Å². The first-order valence-electron chi connectivity index (χ1n) is 6.77. The monoisotopic (exact) mass is 299 g/mol. The summed E-state index contributed by atoms with van der Waals surface area (Å²) in [6.45, 7) is 6.06. The van der Waals surface area contributed by atoms with E-state index in [1.165, 1.54) is 22.5 Å². The van der Waals surface area contributed by atoms with Crippen molar-refractivity contribution in [3.8, 4) is 0 Å². The van der Waals surface area contributed by atoms with E-state index in [4.69, 9.17) is 0 Å². The zero-order chi connectivity index (χ0) is 15.1. The second kappa shape index (κ2) is 5.00. The van der Waals surface area contributed by atoms with Crippen molar-refractivity contribution >= 4 is 33.1 Å². The summed E-state index contributed by atoms with van der Waals surface area (Å²) in [7, 11) is 1.90. The van der Waals surface area contributed by atoms with Crippen molar-refractivity contribution in [1.82, 2.24) is 9.78 Å². The van der Waals surface area contributed by atoms with Crippen molar-refractivity contribution in [2.75, 3.05) is 5.32 Å². The summed E-state index contributed by atoms with van der Waals surface area (Å²) in [4.78, 5) is 14.1. The molecule has 1 amide bonds. The molecule has 0 unspecified atom stereocenters. The fraction of sp³-hybridized carbons (Fsp3) is 0.250. The van der Waals surface area contributed by atoms with E-state index in [1.807, 2.05) is 49.8 Å². The van der Waals surface area contributed by atoms with E-state index in [1.54, 1.807) is 0 Å². The molecule has 3 rings (SSSR count). The topological polar surface area (TPSA) is 46.9 Å². The molecular formula is C16H17N3OS. The smallest absolute Gasteiger partial charge is 0.265 e. The summed E-state index contributed by atoms with van der Waals surface area (Å²) in [6.07, 6.45) is 0. The normalized spacial score (nSPS) is 11.0. The Morgan fingerprint density at radius 3 is 2.62 bits per heavy atom. The minimum Gasteiger partial charge on any atom is -0.321 e. The van der Waals surface area contributed by atoms with Crippen LogP contribution in [-0.4, -0.2) is 15.7 Å². The van der Waals surface area contributed by atoms with E-state index in [2.05, 4.69) is 17.3 Å². The molecule has 108 valence electrons. The van der Waals surface area contributed by atoms with Gasteiger partial charge in [0.15, 0.2) is 0 Å². The molecule has 0 saturated heterocycles. The fourth-order valence-electron chi connectivity index (χ4n) is 2.33. The average Bonchev–Trinajstić information content (AvgIpc) is 2.97. The summed E-state index contributed by atoms with van der Waals surface area (Å²) in [6, 6.07) is 7.86. The van der Waals surface area contributed by atoms with Crippen molar-refractivity contribution in [3.05, 3.63) is 46.0 Å². The Labute approximate surface area is 127 Å². The van der Waals surface area contributed by atoms with Gasteiger partial charge < -0.3 is 5.32 Å². The number of carbonyl (C=O) groups excluding carboxylic acids is 1. The lowest BCUT2D eigenvalue weighted by Crippen LogP contribution is -2.10. The molecule has 0 aliphatic carbocycles. The minimum absolute atomic E-state index is 0.0705. The minimum atomic E-state index is -0.0705. The molecule has 1 N–H and O–H groups in total. The van der Waals surface area contributed by atoms with E-state index in [0.29, 0.717) is 4.88 Å². The highest BCUT2D eigenvalue weighted by Gasteiger charge is 2.15. The van der Waals surface area contributed by atoms with Gasteiger partial charge in [0.05, 0.1) is 10.6 Å². The predicted octanol–water partition coefficient (Wildman–Crippen LogP) is 3.81. The third-order valence-corrected chi connectivity index (χ3v) is 4.89. The van der Waals surface area contributed by atoms with Gasteiger partial charge in [-0.15, -0.1) is 11.3 Å². The van der Waals surface area contributed by atoms with Gasteiger partial charge in [0.1, 0.15) is 4.83 Å². The Kier molecular flexibility index (Phi) is 3.29. The molecule has 0 fully saturated rings. The molecule has 2 heterocycles. The highest BCUT2D eigenvalue weighted by Crippen LogP contribution is 2.28. The van der Waals surface area contributed by atoms with Gasteiger partial charge in [-0.1, -0.05) is 6.07 Å². The second-order valence-corrected chi connectivity index (χ2v) is 6.32. The molecule has 0 atom stereocenters. The Morgan fingerprint density at radius 2 is 1.95 bits per heavy atom. The molecule has 2 aromatic heterocycles. The van der Waals surface area contributed by atoms with E-state index in [0.717, 1.165) is 21.6 Å². The number of aromatic nitrogens is 2. The second-order valence-electron chi connectivity index (χ2n) is 5.29. The number of nitrogens with one attached hydrogen (secondary N) is 1. The number of carbonyl (C=O) groups is 1. The number of amides is 1. The van der Waals surface area contributed by atoms with E-state index in [9.17, 15) is 4.79 Å². The molecule has 0 saturated carbocycles. The van der Waals surface area contributed by atoms with Crippen LogP contribution in [0.3, 0.4) is 0 Å². The molecule has 1 aromatic carbocycles. The lowest BCUT2D eigenvalue weighted by atomic mass is 10.1. The maximum absolute atomic E-state index is 12.4. The zero-order valence-corrected chi connectivity index (χ0v) is 13.3. The van der Waals surface area contributed by atoms with Crippen LogP contribution >= 0.6 is 11.3 Å². The summed E-state index contributed by atoms with van der Waals surface area (Å²) in [5.74, 6) is -0.0705. The van der Waals surface area contributed by atoms with Crippen LogP contribution in [0.25, 0.3) is 10.2 Å². The Balaban J connectivity index is 1.89. The molecule has 0 spiro atoms. The SMILES string of the molecule is Cc1ccc(NC(=O)c2cc3c(C)nn(C)c3s2)cc1C. The molecule has 5 heteroatoms. The lowest BCUT2D eigenvalue weighted by molar-refractivity contribution is 0.103. The van der Waals surface area contributed by atoms with Gasteiger partial charge in [-0.25, -0.2) is 0 Å². The summed E-state index contributed by atoms with van der Waals surface area (Å²) in [5, 5.41) is 8.36. The van der Waals surface area contributed by atoms with Gasteiger partial charge in [-0.05, 0) is 50.1 Å². The predicted molar refractivity (Wildman–Crippen MR) is 87.2 cm³/mol. The van der Waals surface area contributed by atoms with Crippen molar-refractivity contribution in [3.63, 3.8) is 0 Å². The maximum atomic E-state index is 12.4. The van der Waals surface area contributed by atoms with Crippen LogP contribution < -0.4 is 5.32 Å². The number of hydrogen-bond acceptors (Lipinski definition) is 3. The standard InChI is InChI=1S/C16H17N3OS/c1-9-5-6-12(7-10(9)2)17-15(20)14-8-13-11(3)18-19(4)16(13)21-14/h5-8H,1-4H3,(H,17,20). The highest BCUT2D eigenvalue weighted by atomic mass is 32.1. The third-order valence-electron chi connectivity index (χ3n) is 3.68. The van der Waals surface area contributed by atoms with E-state index < -0.39 is 0 Å². The number of fused-ring (bicyclic) bond motifs is 1. The van der Waals surface area contributed by atoms with Gasteiger partial charge in [-0.3, -0.25) is 9.48 Å². The number of thiophene rings is 1. The molecule has 0 radical (unpaired) electrons. The van der Waals surface area contributed by atoms with Gasteiger partial charge in [-0.2, -0.15) is 5.10 Å². The Morgan fingerprint density at radius 1 is 1.19 bits per heavy atom. The summed E-state index contributed by atoms with van der Waals surface area (Å²) < 4.78 is 1.82. The van der Waals surface area contributed by atoms with Crippen molar-refractivity contribution in [1.29, 1.82) is 0 Å². The largest absolute Gasteiger partial charge is 0.321 e. The molecule has 0 aliphatic heterocycles. The average molecular weight is 299 g/mol. The van der Waals surface area contributed by atoms with Gasteiger partial charge in [0.25, 0.3) is 5.91 Å². The van der Waals surface area contributed by atoms with Crippen LogP contribution in [0, 0.1) is 20.8 Å². The maximum Gasteiger partial charge on any atom is 0.265 e. The van der Waals surface area contributed by atoms with E-state index in [-0.39, 0.29) is 5.91 Å². The van der Waals surface area contributed by atoms with Crippen molar-refractivity contribution in [2.45, 2.75) is 20.8 Å². The number of benzene rings is 1. The molecule has 0 aliphatic rings. The van der Waals surface area contributed by atoms with Crippen LogP contribution in [0.5, 0.6) is 0 Å². The fourth-order valence-corrected chi connectivity index (χ4v) is 3.35. The first kappa shape index (κ1) is 13.8. The first-order chi connectivity index (χ1) is 9.95. The van der Waals surface area contributed by atoms with E-state index >= 15 is 0 Å². The van der Waals surface area contributed by atoms with Crippen LogP contribution in [0.15, 0.2) is 24.3 Å². The van der Waals surface area contributed by atoms with Crippen molar-refractivity contribution < 1.29 is 4.79 Å². The first-order valence-corrected chi connectivity index (χ1v) is 7.59. The number of nitrogens with zero attached hydrogens (tertiary/aromatic N) is 2. The van der Waals surface area contributed by atoms with Gasteiger partial charge in [0.2, 0.25) is 0 Å². The number of hydrogen-bond donors (Lipinski definition) is 1. The molecular weight excluding hydrogens is 282 g/mol. The van der Waals surface area contributed by atoms with Crippen LogP contribution in [-0.2, 0) is 7.05 Å². The van der Waals surface area contributed by atoms with Gasteiger partial charge >= 0.3 is 0 Å². The summed E-state index contributed by atoms with van der Waals surface area (Å²) in [5.41, 5.74) is 4.17. The quantitative estimate of drug-likeness (QED) is 0.782. The number of rotatable bonds is 2. The van der Waals surface area contributed by atoms with Crippen molar-refractivity contribution in [2.24, 2.45) is 7.05 Å². The molecule has 3 aromatic rings. The van der Waals surface area contributed by atoms with Crippen LogP contribution in [0.2, 0.25) is 0 Å². The Bertz CT molecular complexity index is 810. The number of aryl methyl sites for hydroxylation is 4. The Hall–Kier alpha value is -2.14. The molecule has 21 heavy (non-hydrogen) atoms. The summed E-state index contributed by atoms with van der Waals surface area (Å²) >= 11 is 1.47. The molecule has 4 nitrogen and oxygen atoms in total. The number of anilines is 1. The van der Waals surface area contributed by atoms with Crippen LogP contribution in [0.4, 0.5) is 5.69 Å². The zero-order valence-electron chi connectivity index (χ0n) is 12.5. The highest BCUT2D eigenvalue weighted by molar-refractivity contribution is 7.20. The lowest BCUT2D eigenvalue weighted by Gasteiger charge is -2.06. The molecule has 0 bridgehead atoms. The van der Waals surface area contributed by atoms with Crippen LogP contribution in [0.1, 0.15) is 26.5 Å². The third kappa shape index (κ3) is 2.45.